The van der Waals surface area contributed by atoms with E-state index in [1.54, 1.807) is 24.3 Å². The summed E-state index contributed by atoms with van der Waals surface area (Å²) in [6.07, 6.45) is 3.19. The number of nitrogens with one attached hydrogen (secondary N) is 1. The molecule has 0 saturated carbocycles. The lowest BCUT2D eigenvalue weighted by Crippen LogP contribution is -2.07. The second-order valence-electron chi connectivity index (χ2n) is 5.01. The zero-order chi connectivity index (χ0) is 16.9. The lowest BCUT2D eigenvalue weighted by Gasteiger charge is -2.07. The van der Waals surface area contributed by atoms with E-state index >= 15 is 0 Å². The van der Waals surface area contributed by atoms with Crippen molar-refractivity contribution in [3.05, 3.63) is 52.5 Å². The molecule has 0 spiro atoms. The first-order chi connectivity index (χ1) is 11.7. The van der Waals surface area contributed by atoms with E-state index in [2.05, 4.69) is 21.2 Å². The molecule has 3 rings (SSSR count). The molecule has 2 aromatic carbocycles. The Bertz CT molecular complexity index is 789. The van der Waals surface area contributed by atoms with Gasteiger partial charge in [-0.25, -0.2) is 0 Å². The van der Waals surface area contributed by atoms with Crippen molar-refractivity contribution < 1.29 is 19.0 Å². The summed E-state index contributed by atoms with van der Waals surface area (Å²) < 4.78 is 17.0. The number of rotatable bonds is 5. The van der Waals surface area contributed by atoms with E-state index in [0.717, 1.165) is 15.8 Å². The summed E-state index contributed by atoms with van der Waals surface area (Å²) in [4.78, 5) is 12.1. The van der Waals surface area contributed by atoms with Crippen molar-refractivity contribution in [2.24, 2.45) is 0 Å². The zero-order valence-corrected chi connectivity index (χ0v) is 14.6. The van der Waals surface area contributed by atoms with E-state index in [1.807, 2.05) is 25.1 Å². The van der Waals surface area contributed by atoms with Crippen LogP contribution in [0.25, 0.3) is 6.08 Å². The van der Waals surface area contributed by atoms with Crippen LogP contribution in [0.3, 0.4) is 0 Å². The molecule has 1 amide bonds. The van der Waals surface area contributed by atoms with Gasteiger partial charge in [0, 0.05) is 27.9 Å². The van der Waals surface area contributed by atoms with Crippen molar-refractivity contribution in [3.8, 4) is 17.2 Å². The van der Waals surface area contributed by atoms with Crippen LogP contribution < -0.4 is 19.5 Å². The van der Waals surface area contributed by atoms with Gasteiger partial charge in [-0.05, 0) is 43.3 Å². The molecule has 0 aromatic heterocycles. The van der Waals surface area contributed by atoms with Gasteiger partial charge >= 0.3 is 0 Å². The van der Waals surface area contributed by atoms with E-state index in [4.69, 9.17) is 14.2 Å². The van der Waals surface area contributed by atoms with Gasteiger partial charge in [0.25, 0.3) is 0 Å². The van der Waals surface area contributed by atoms with Crippen LogP contribution in [0.15, 0.2) is 46.9 Å². The van der Waals surface area contributed by atoms with E-state index in [9.17, 15) is 4.79 Å². The Balaban J connectivity index is 1.70. The molecule has 0 aliphatic carbocycles. The van der Waals surface area contributed by atoms with Crippen LogP contribution in [0.2, 0.25) is 0 Å². The highest BCUT2D eigenvalue weighted by molar-refractivity contribution is 9.10. The van der Waals surface area contributed by atoms with Crippen molar-refractivity contribution in [3.63, 3.8) is 0 Å². The van der Waals surface area contributed by atoms with Crippen molar-refractivity contribution >= 4 is 33.6 Å². The Morgan fingerprint density at radius 3 is 2.92 bits per heavy atom. The Morgan fingerprint density at radius 2 is 2.08 bits per heavy atom. The molecule has 1 aliphatic heterocycles. The monoisotopic (exact) mass is 389 g/mol. The Morgan fingerprint density at radius 1 is 1.25 bits per heavy atom. The average molecular weight is 390 g/mol. The molecular formula is C18H16BrNO4. The third-order valence-corrected chi connectivity index (χ3v) is 3.82. The summed E-state index contributed by atoms with van der Waals surface area (Å²) in [5.74, 6) is 1.80. The standard InChI is InChI=1S/C18H16BrNO4/c1-2-22-15-6-4-13(19)9-12(15)3-8-18(21)20-14-5-7-16-17(10-14)24-11-23-16/h3-10H,2,11H2,1H3,(H,20,21). The largest absolute Gasteiger partial charge is 0.493 e. The summed E-state index contributed by atoms with van der Waals surface area (Å²) in [7, 11) is 0. The van der Waals surface area contributed by atoms with Gasteiger partial charge in [-0.2, -0.15) is 0 Å². The van der Waals surface area contributed by atoms with Crippen LogP contribution in [-0.4, -0.2) is 19.3 Å². The molecule has 0 bridgehead atoms. The van der Waals surface area contributed by atoms with Crippen LogP contribution in [0.5, 0.6) is 17.2 Å². The minimum Gasteiger partial charge on any atom is -0.493 e. The lowest BCUT2D eigenvalue weighted by molar-refractivity contribution is -0.111. The highest BCUT2D eigenvalue weighted by Gasteiger charge is 2.13. The molecule has 6 heteroatoms. The molecule has 0 fully saturated rings. The molecule has 1 N–H and O–H groups in total. The van der Waals surface area contributed by atoms with Gasteiger partial charge < -0.3 is 19.5 Å². The van der Waals surface area contributed by atoms with Crippen molar-refractivity contribution in [2.45, 2.75) is 6.92 Å². The van der Waals surface area contributed by atoms with Crippen LogP contribution in [0.4, 0.5) is 5.69 Å². The van der Waals surface area contributed by atoms with Gasteiger partial charge in [0.2, 0.25) is 12.7 Å². The molecule has 0 saturated heterocycles. The fourth-order valence-electron chi connectivity index (χ4n) is 2.26. The first-order valence-electron chi connectivity index (χ1n) is 7.47. The summed E-state index contributed by atoms with van der Waals surface area (Å²) in [5, 5.41) is 2.79. The minimum absolute atomic E-state index is 0.204. The van der Waals surface area contributed by atoms with Crippen molar-refractivity contribution in [1.29, 1.82) is 0 Å². The van der Waals surface area contributed by atoms with E-state index in [0.29, 0.717) is 23.8 Å². The maximum atomic E-state index is 12.1. The molecule has 5 nitrogen and oxygen atoms in total. The van der Waals surface area contributed by atoms with Crippen molar-refractivity contribution in [1.82, 2.24) is 0 Å². The van der Waals surface area contributed by atoms with E-state index in [-0.39, 0.29) is 12.7 Å². The van der Waals surface area contributed by atoms with Gasteiger partial charge in [-0.15, -0.1) is 0 Å². The highest BCUT2D eigenvalue weighted by Crippen LogP contribution is 2.34. The van der Waals surface area contributed by atoms with Gasteiger partial charge in [0.1, 0.15) is 5.75 Å². The molecule has 0 radical (unpaired) electrons. The number of anilines is 1. The maximum Gasteiger partial charge on any atom is 0.248 e. The fourth-order valence-corrected chi connectivity index (χ4v) is 2.64. The molecule has 2 aromatic rings. The number of hydrogen-bond acceptors (Lipinski definition) is 4. The third kappa shape index (κ3) is 3.89. The SMILES string of the molecule is CCOc1ccc(Br)cc1C=CC(=O)Nc1ccc2c(c1)OCO2. The molecule has 0 unspecified atom stereocenters. The molecule has 0 atom stereocenters. The number of ether oxygens (including phenoxy) is 3. The second-order valence-corrected chi connectivity index (χ2v) is 5.92. The second kappa shape index (κ2) is 7.40. The number of carbonyl (C=O) groups excluding carboxylic acids is 1. The van der Waals surface area contributed by atoms with E-state index < -0.39 is 0 Å². The number of benzene rings is 2. The fraction of sp³-hybridized carbons (Fsp3) is 0.167. The first kappa shape index (κ1) is 16.4. The van der Waals surface area contributed by atoms with Gasteiger partial charge in [-0.1, -0.05) is 15.9 Å². The number of halogens is 1. The highest BCUT2D eigenvalue weighted by atomic mass is 79.9. The predicted molar refractivity (Wildman–Crippen MR) is 95.5 cm³/mol. The number of fused-ring (bicyclic) bond motifs is 1. The predicted octanol–water partition coefficient (Wildman–Crippen LogP) is 4.23. The smallest absolute Gasteiger partial charge is 0.248 e. The van der Waals surface area contributed by atoms with Crippen LogP contribution in [-0.2, 0) is 4.79 Å². The van der Waals surface area contributed by atoms with Crippen molar-refractivity contribution in [2.75, 3.05) is 18.7 Å². The number of carbonyl (C=O) groups is 1. The maximum absolute atomic E-state index is 12.1. The third-order valence-electron chi connectivity index (χ3n) is 3.33. The molecule has 24 heavy (non-hydrogen) atoms. The molecular weight excluding hydrogens is 374 g/mol. The van der Waals surface area contributed by atoms with Gasteiger partial charge in [0.15, 0.2) is 11.5 Å². The number of hydrogen-bond donors (Lipinski definition) is 1. The summed E-state index contributed by atoms with van der Waals surface area (Å²) >= 11 is 3.42. The topological polar surface area (TPSA) is 56.8 Å². The Kier molecular flexibility index (Phi) is 5.05. The minimum atomic E-state index is -0.240. The van der Waals surface area contributed by atoms with Crippen LogP contribution in [0, 0.1) is 0 Å². The quantitative estimate of drug-likeness (QED) is 0.777. The number of amides is 1. The molecule has 1 aliphatic rings. The molecule has 124 valence electrons. The Labute approximate surface area is 148 Å². The van der Waals surface area contributed by atoms with E-state index in [1.165, 1.54) is 6.08 Å². The zero-order valence-electron chi connectivity index (χ0n) is 13.0. The summed E-state index contributed by atoms with van der Waals surface area (Å²) in [6.45, 7) is 2.68. The normalized spacial score (nSPS) is 12.4. The van der Waals surface area contributed by atoms with Gasteiger partial charge in [0.05, 0.1) is 6.61 Å². The summed E-state index contributed by atoms with van der Waals surface area (Å²) in [6, 6.07) is 10.9. The summed E-state index contributed by atoms with van der Waals surface area (Å²) in [5.41, 5.74) is 1.47. The average Bonchev–Trinajstić information content (AvgIpc) is 3.03. The first-order valence-corrected chi connectivity index (χ1v) is 8.26. The van der Waals surface area contributed by atoms with Gasteiger partial charge in [-0.3, -0.25) is 4.79 Å². The lowest BCUT2D eigenvalue weighted by atomic mass is 10.2. The Hall–Kier alpha value is -2.47. The van der Waals surface area contributed by atoms with Crippen LogP contribution >= 0.6 is 15.9 Å². The molecule has 1 heterocycles. The van der Waals surface area contributed by atoms with Crippen LogP contribution in [0.1, 0.15) is 12.5 Å².